The van der Waals surface area contributed by atoms with Crippen molar-refractivity contribution >= 4 is 0 Å². The van der Waals surface area contributed by atoms with Crippen molar-refractivity contribution in [3.05, 3.63) is 47.9 Å². The van der Waals surface area contributed by atoms with Crippen LogP contribution in [0.2, 0.25) is 0 Å². The molecule has 1 heterocycles. The van der Waals surface area contributed by atoms with E-state index in [0.29, 0.717) is 12.4 Å². The molecule has 4 heteroatoms. The fraction of sp³-hybridized carbons (Fsp3) is 0.231. The van der Waals surface area contributed by atoms with E-state index >= 15 is 0 Å². The minimum Gasteiger partial charge on any atom is -0.437 e. The number of ether oxygens (including phenoxy) is 1. The minimum atomic E-state index is 0.520. The Balaban J connectivity index is 2.18. The van der Waals surface area contributed by atoms with Gasteiger partial charge in [0.1, 0.15) is 5.75 Å². The summed E-state index contributed by atoms with van der Waals surface area (Å²) in [4.78, 5) is 8.45. The number of hydrogen-bond donors (Lipinski definition) is 1. The Morgan fingerprint density at radius 2 is 2.06 bits per heavy atom. The molecule has 0 spiro atoms. The summed E-state index contributed by atoms with van der Waals surface area (Å²) in [5, 5.41) is 3.03. The molecule has 2 aromatic rings. The maximum absolute atomic E-state index is 5.69. The summed E-state index contributed by atoms with van der Waals surface area (Å²) in [5.41, 5.74) is 1.94. The lowest BCUT2D eigenvalue weighted by Crippen LogP contribution is -2.07. The zero-order valence-electron chi connectivity index (χ0n) is 9.97. The molecule has 1 N–H and O–H groups in total. The van der Waals surface area contributed by atoms with Gasteiger partial charge < -0.3 is 10.1 Å². The zero-order valence-corrected chi connectivity index (χ0v) is 9.97. The molecule has 0 amide bonds. The highest BCUT2D eigenvalue weighted by Gasteiger charge is 2.03. The first-order valence-electron chi connectivity index (χ1n) is 5.48. The molecule has 0 unspecified atom stereocenters. The number of nitrogens with one attached hydrogen (secondary N) is 1. The molecule has 0 radical (unpaired) electrons. The predicted molar refractivity (Wildman–Crippen MR) is 66.0 cm³/mol. The third-order valence-corrected chi connectivity index (χ3v) is 2.33. The normalized spacial score (nSPS) is 10.2. The number of nitrogens with zero attached hydrogens (tertiary/aromatic N) is 2. The second kappa shape index (κ2) is 5.41. The van der Waals surface area contributed by atoms with Gasteiger partial charge in [-0.25, -0.2) is 4.98 Å². The Bertz CT molecular complexity index is 500. The van der Waals surface area contributed by atoms with Crippen LogP contribution in [0.5, 0.6) is 11.6 Å². The molecule has 0 aliphatic heterocycles. The molecule has 0 atom stereocenters. The third kappa shape index (κ3) is 3.01. The van der Waals surface area contributed by atoms with Gasteiger partial charge in [-0.15, -0.1) is 0 Å². The second-order valence-electron chi connectivity index (χ2n) is 3.75. The molecule has 0 saturated carbocycles. The number of aromatic nitrogens is 2. The van der Waals surface area contributed by atoms with Gasteiger partial charge in [-0.3, -0.25) is 4.98 Å². The van der Waals surface area contributed by atoms with Crippen LogP contribution in [0.25, 0.3) is 0 Å². The van der Waals surface area contributed by atoms with Crippen LogP contribution >= 0.6 is 0 Å². The predicted octanol–water partition coefficient (Wildman–Crippen LogP) is 2.30. The van der Waals surface area contributed by atoms with Gasteiger partial charge in [0.05, 0.1) is 11.9 Å². The molecule has 4 nitrogen and oxygen atoms in total. The van der Waals surface area contributed by atoms with E-state index in [4.69, 9.17) is 4.74 Å². The van der Waals surface area contributed by atoms with Crippen molar-refractivity contribution in [3.8, 4) is 11.6 Å². The maximum atomic E-state index is 5.69. The number of benzene rings is 1. The molecule has 0 aliphatic carbocycles. The average molecular weight is 229 g/mol. The molecule has 0 fully saturated rings. The monoisotopic (exact) mass is 229 g/mol. The van der Waals surface area contributed by atoms with Crippen molar-refractivity contribution in [2.24, 2.45) is 0 Å². The van der Waals surface area contributed by atoms with Crippen molar-refractivity contribution in [2.45, 2.75) is 13.5 Å². The van der Waals surface area contributed by atoms with E-state index < -0.39 is 0 Å². The van der Waals surface area contributed by atoms with Gasteiger partial charge in [-0.2, -0.15) is 0 Å². The lowest BCUT2D eigenvalue weighted by atomic mass is 10.2. The van der Waals surface area contributed by atoms with Gasteiger partial charge in [0, 0.05) is 12.7 Å². The van der Waals surface area contributed by atoms with Crippen LogP contribution < -0.4 is 10.1 Å². The quantitative estimate of drug-likeness (QED) is 0.873. The number of hydrogen-bond acceptors (Lipinski definition) is 4. The molecule has 1 aromatic heterocycles. The SMILES string of the molecule is CNCc1cncc(Oc2ccccc2C)n1. The van der Waals surface area contributed by atoms with Crippen LogP contribution in [0.4, 0.5) is 0 Å². The lowest BCUT2D eigenvalue weighted by Gasteiger charge is -2.07. The van der Waals surface area contributed by atoms with Gasteiger partial charge in [0.2, 0.25) is 5.88 Å². The fourth-order valence-corrected chi connectivity index (χ4v) is 1.49. The molecule has 0 aliphatic rings. The van der Waals surface area contributed by atoms with Crippen molar-refractivity contribution in [1.29, 1.82) is 0 Å². The van der Waals surface area contributed by atoms with E-state index in [1.807, 2.05) is 38.2 Å². The van der Waals surface area contributed by atoms with E-state index in [1.54, 1.807) is 12.4 Å². The standard InChI is InChI=1S/C13H15N3O/c1-10-5-3-4-6-12(10)17-13-9-15-8-11(16-13)7-14-2/h3-6,8-9,14H,7H2,1-2H3. The first kappa shape index (κ1) is 11.5. The van der Waals surface area contributed by atoms with Crippen molar-refractivity contribution in [1.82, 2.24) is 15.3 Å². The fourth-order valence-electron chi connectivity index (χ4n) is 1.49. The summed E-state index contributed by atoms with van der Waals surface area (Å²) in [6, 6.07) is 7.83. The highest BCUT2D eigenvalue weighted by Crippen LogP contribution is 2.22. The smallest absolute Gasteiger partial charge is 0.238 e. The molecular formula is C13H15N3O. The number of aryl methyl sites for hydroxylation is 1. The topological polar surface area (TPSA) is 47.0 Å². The number of para-hydroxylation sites is 1. The first-order valence-corrected chi connectivity index (χ1v) is 5.48. The van der Waals surface area contributed by atoms with Gasteiger partial charge in [-0.05, 0) is 25.6 Å². The van der Waals surface area contributed by atoms with Gasteiger partial charge in [-0.1, -0.05) is 18.2 Å². The van der Waals surface area contributed by atoms with Crippen molar-refractivity contribution in [3.63, 3.8) is 0 Å². The van der Waals surface area contributed by atoms with Gasteiger partial charge in [0.25, 0.3) is 0 Å². The highest BCUT2D eigenvalue weighted by molar-refractivity contribution is 5.34. The minimum absolute atomic E-state index is 0.520. The van der Waals surface area contributed by atoms with E-state index in [0.717, 1.165) is 17.0 Å². The van der Waals surface area contributed by atoms with Crippen LogP contribution in [-0.2, 0) is 6.54 Å². The largest absolute Gasteiger partial charge is 0.437 e. The Morgan fingerprint density at radius 1 is 1.24 bits per heavy atom. The van der Waals surface area contributed by atoms with Crippen LogP contribution in [0, 0.1) is 6.92 Å². The Kier molecular flexibility index (Phi) is 3.67. The van der Waals surface area contributed by atoms with Crippen molar-refractivity contribution in [2.75, 3.05) is 7.05 Å². The van der Waals surface area contributed by atoms with E-state index in [-0.39, 0.29) is 0 Å². The molecule has 0 bridgehead atoms. The van der Waals surface area contributed by atoms with Gasteiger partial charge in [0.15, 0.2) is 0 Å². The summed E-state index contributed by atoms with van der Waals surface area (Å²) in [5.74, 6) is 1.33. The number of rotatable bonds is 4. The zero-order chi connectivity index (χ0) is 12.1. The van der Waals surface area contributed by atoms with Crippen LogP contribution in [0.15, 0.2) is 36.7 Å². The highest BCUT2D eigenvalue weighted by atomic mass is 16.5. The molecule has 88 valence electrons. The van der Waals surface area contributed by atoms with Gasteiger partial charge >= 0.3 is 0 Å². The molecule has 0 saturated heterocycles. The molecule has 17 heavy (non-hydrogen) atoms. The van der Waals surface area contributed by atoms with E-state index in [2.05, 4.69) is 15.3 Å². The third-order valence-electron chi connectivity index (χ3n) is 2.33. The first-order chi connectivity index (χ1) is 8.29. The Morgan fingerprint density at radius 3 is 2.82 bits per heavy atom. The summed E-state index contributed by atoms with van der Waals surface area (Å²) >= 11 is 0. The van der Waals surface area contributed by atoms with E-state index in [9.17, 15) is 0 Å². The Labute approximate surface area is 101 Å². The molecule has 1 aromatic carbocycles. The van der Waals surface area contributed by atoms with Crippen LogP contribution in [0.1, 0.15) is 11.3 Å². The molecule has 2 rings (SSSR count). The Hall–Kier alpha value is -1.94. The average Bonchev–Trinajstić information content (AvgIpc) is 2.33. The van der Waals surface area contributed by atoms with Crippen LogP contribution in [0.3, 0.4) is 0 Å². The second-order valence-corrected chi connectivity index (χ2v) is 3.75. The van der Waals surface area contributed by atoms with E-state index in [1.165, 1.54) is 0 Å². The summed E-state index contributed by atoms with van der Waals surface area (Å²) in [6.45, 7) is 2.68. The van der Waals surface area contributed by atoms with Crippen LogP contribution in [-0.4, -0.2) is 17.0 Å². The summed E-state index contributed by atoms with van der Waals surface area (Å²) in [7, 11) is 1.87. The summed E-state index contributed by atoms with van der Waals surface area (Å²) < 4.78 is 5.69. The summed E-state index contributed by atoms with van der Waals surface area (Å²) in [6.07, 6.45) is 3.34. The van der Waals surface area contributed by atoms with Crippen molar-refractivity contribution < 1.29 is 4.74 Å². The molecular weight excluding hydrogens is 214 g/mol. The lowest BCUT2D eigenvalue weighted by molar-refractivity contribution is 0.453. The maximum Gasteiger partial charge on any atom is 0.238 e.